The maximum absolute atomic E-state index is 11.9. The van der Waals surface area contributed by atoms with Gasteiger partial charge in [-0.05, 0) is 26.3 Å². The first-order valence-electron chi connectivity index (χ1n) is 5.80. The zero-order valence-corrected chi connectivity index (χ0v) is 10.2. The smallest absolute Gasteiger partial charge is 0.240 e. The van der Waals surface area contributed by atoms with Crippen LogP contribution >= 0.6 is 12.4 Å². The van der Waals surface area contributed by atoms with E-state index in [1.807, 2.05) is 7.05 Å². The Bertz CT molecular complexity index is 217. The fourth-order valence-electron chi connectivity index (χ4n) is 2.73. The Kier molecular flexibility index (Phi) is 4.87. The van der Waals surface area contributed by atoms with Crippen molar-refractivity contribution >= 4 is 18.3 Å². The van der Waals surface area contributed by atoms with Gasteiger partial charge in [0, 0.05) is 12.6 Å². The van der Waals surface area contributed by atoms with Gasteiger partial charge in [0.1, 0.15) is 0 Å². The average Bonchev–Trinajstić information content (AvgIpc) is 2.61. The molecule has 2 aliphatic rings. The molecule has 1 aliphatic carbocycles. The average molecular weight is 233 g/mol. The van der Waals surface area contributed by atoms with Crippen LogP contribution in [0.3, 0.4) is 0 Å². The summed E-state index contributed by atoms with van der Waals surface area (Å²) >= 11 is 0. The molecule has 15 heavy (non-hydrogen) atoms. The Labute approximate surface area is 98.0 Å². The molecule has 0 aromatic heterocycles. The van der Waals surface area contributed by atoms with Crippen molar-refractivity contribution in [2.24, 2.45) is 0 Å². The molecule has 1 heterocycles. The van der Waals surface area contributed by atoms with Crippen molar-refractivity contribution in [1.29, 1.82) is 0 Å². The summed E-state index contributed by atoms with van der Waals surface area (Å²) in [6.45, 7) is 0.967. The van der Waals surface area contributed by atoms with E-state index in [-0.39, 0.29) is 18.4 Å². The summed E-state index contributed by atoms with van der Waals surface area (Å²) in [5.74, 6) is 0.333. The van der Waals surface area contributed by atoms with Crippen molar-refractivity contribution in [3.63, 3.8) is 0 Å². The molecule has 1 aliphatic heterocycles. The van der Waals surface area contributed by atoms with Gasteiger partial charge in [0.15, 0.2) is 0 Å². The lowest BCUT2D eigenvalue weighted by Crippen LogP contribution is -2.42. The fraction of sp³-hybridized carbons (Fsp3) is 0.909. The number of carbonyl (C=O) groups is 1. The van der Waals surface area contributed by atoms with Crippen LogP contribution in [-0.4, -0.2) is 36.5 Å². The molecule has 1 amide bonds. The molecule has 4 heteroatoms. The minimum atomic E-state index is 0. The number of amides is 1. The highest BCUT2D eigenvalue weighted by Crippen LogP contribution is 2.26. The van der Waals surface area contributed by atoms with Gasteiger partial charge >= 0.3 is 0 Å². The predicted molar refractivity (Wildman–Crippen MR) is 63.3 cm³/mol. The van der Waals surface area contributed by atoms with Crippen molar-refractivity contribution in [1.82, 2.24) is 10.2 Å². The summed E-state index contributed by atoms with van der Waals surface area (Å²) in [5.41, 5.74) is 0. The first-order valence-corrected chi connectivity index (χ1v) is 5.80. The predicted octanol–water partition coefficient (Wildman–Crippen LogP) is 1.56. The van der Waals surface area contributed by atoms with Crippen LogP contribution in [0.4, 0.5) is 0 Å². The molecule has 2 rings (SSSR count). The van der Waals surface area contributed by atoms with Gasteiger partial charge in [-0.1, -0.05) is 19.3 Å². The SMILES string of the molecule is CNC1CCN(C2CCCCC2)C1=O.Cl. The summed E-state index contributed by atoms with van der Waals surface area (Å²) < 4.78 is 0. The number of hydrogen-bond acceptors (Lipinski definition) is 2. The van der Waals surface area contributed by atoms with Crippen LogP contribution < -0.4 is 5.32 Å². The van der Waals surface area contributed by atoms with E-state index < -0.39 is 0 Å². The lowest BCUT2D eigenvalue weighted by Gasteiger charge is -2.31. The molecular weight excluding hydrogens is 212 g/mol. The van der Waals surface area contributed by atoms with Gasteiger partial charge in [-0.2, -0.15) is 0 Å². The summed E-state index contributed by atoms with van der Waals surface area (Å²) in [6.07, 6.45) is 7.40. The summed E-state index contributed by atoms with van der Waals surface area (Å²) in [4.78, 5) is 14.0. The molecule has 1 saturated heterocycles. The first kappa shape index (κ1) is 12.8. The molecule has 1 atom stereocenters. The Balaban J connectivity index is 0.00000112. The Hall–Kier alpha value is -0.280. The molecule has 1 unspecified atom stereocenters. The molecule has 1 N–H and O–H groups in total. The molecule has 2 fully saturated rings. The maximum atomic E-state index is 11.9. The van der Waals surface area contributed by atoms with E-state index in [0.717, 1.165) is 13.0 Å². The van der Waals surface area contributed by atoms with E-state index in [0.29, 0.717) is 11.9 Å². The van der Waals surface area contributed by atoms with Crippen molar-refractivity contribution in [2.75, 3.05) is 13.6 Å². The van der Waals surface area contributed by atoms with Crippen LogP contribution in [-0.2, 0) is 4.79 Å². The Morgan fingerprint density at radius 3 is 2.40 bits per heavy atom. The zero-order valence-electron chi connectivity index (χ0n) is 9.37. The molecule has 0 bridgehead atoms. The topological polar surface area (TPSA) is 32.3 Å². The summed E-state index contributed by atoms with van der Waals surface area (Å²) in [6, 6.07) is 0.645. The second-order valence-electron chi connectivity index (χ2n) is 4.45. The first-order chi connectivity index (χ1) is 6.83. The zero-order chi connectivity index (χ0) is 9.97. The number of carbonyl (C=O) groups excluding carboxylic acids is 1. The highest BCUT2D eigenvalue weighted by molar-refractivity contribution is 5.85. The minimum Gasteiger partial charge on any atom is -0.338 e. The van der Waals surface area contributed by atoms with Crippen molar-refractivity contribution in [3.05, 3.63) is 0 Å². The molecule has 1 saturated carbocycles. The maximum Gasteiger partial charge on any atom is 0.240 e. The number of likely N-dealkylation sites (tertiary alicyclic amines) is 1. The number of likely N-dealkylation sites (N-methyl/N-ethyl adjacent to an activating group) is 1. The quantitative estimate of drug-likeness (QED) is 0.784. The van der Waals surface area contributed by atoms with Crippen molar-refractivity contribution in [3.8, 4) is 0 Å². The van der Waals surface area contributed by atoms with E-state index in [1.165, 1.54) is 32.1 Å². The van der Waals surface area contributed by atoms with Gasteiger partial charge in [0.25, 0.3) is 0 Å². The monoisotopic (exact) mass is 232 g/mol. The Morgan fingerprint density at radius 1 is 1.20 bits per heavy atom. The van der Waals surface area contributed by atoms with Crippen LogP contribution in [0, 0.1) is 0 Å². The Morgan fingerprint density at radius 2 is 1.87 bits per heavy atom. The van der Waals surface area contributed by atoms with Gasteiger partial charge in [0.05, 0.1) is 6.04 Å². The van der Waals surface area contributed by atoms with E-state index in [1.54, 1.807) is 0 Å². The highest BCUT2D eigenvalue weighted by Gasteiger charge is 2.34. The molecule has 3 nitrogen and oxygen atoms in total. The van der Waals surface area contributed by atoms with Gasteiger partial charge in [-0.15, -0.1) is 12.4 Å². The number of rotatable bonds is 2. The number of nitrogens with zero attached hydrogens (tertiary/aromatic N) is 1. The van der Waals surface area contributed by atoms with E-state index in [4.69, 9.17) is 0 Å². The molecule has 0 radical (unpaired) electrons. The highest BCUT2D eigenvalue weighted by atomic mass is 35.5. The van der Waals surface area contributed by atoms with Crippen LogP contribution in [0.25, 0.3) is 0 Å². The molecule has 0 aromatic carbocycles. The third-order valence-corrected chi connectivity index (χ3v) is 3.60. The van der Waals surface area contributed by atoms with Gasteiger partial charge in [-0.25, -0.2) is 0 Å². The summed E-state index contributed by atoms with van der Waals surface area (Å²) in [7, 11) is 1.88. The lowest BCUT2D eigenvalue weighted by molar-refractivity contribution is -0.131. The van der Waals surface area contributed by atoms with Gasteiger partial charge in [-0.3, -0.25) is 4.79 Å². The normalized spacial score (nSPS) is 27.9. The second-order valence-corrected chi connectivity index (χ2v) is 4.45. The van der Waals surface area contributed by atoms with Crippen molar-refractivity contribution < 1.29 is 4.79 Å². The lowest BCUT2D eigenvalue weighted by atomic mass is 9.94. The number of halogens is 1. The van der Waals surface area contributed by atoms with E-state index >= 15 is 0 Å². The molecule has 88 valence electrons. The van der Waals surface area contributed by atoms with E-state index in [9.17, 15) is 4.79 Å². The third kappa shape index (κ3) is 2.64. The molecular formula is C11H21ClN2O. The van der Waals surface area contributed by atoms with E-state index in [2.05, 4.69) is 10.2 Å². The van der Waals surface area contributed by atoms with Gasteiger partial charge in [0.2, 0.25) is 5.91 Å². The third-order valence-electron chi connectivity index (χ3n) is 3.60. The van der Waals surface area contributed by atoms with Crippen LogP contribution in [0.15, 0.2) is 0 Å². The van der Waals surface area contributed by atoms with Crippen LogP contribution in [0.1, 0.15) is 38.5 Å². The van der Waals surface area contributed by atoms with Crippen LogP contribution in [0.5, 0.6) is 0 Å². The number of hydrogen-bond donors (Lipinski definition) is 1. The van der Waals surface area contributed by atoms with Crippen molar-refractivity contribution in [2.45, 2.75) is 50.6 Å². The second kappa shape index (κ2) is 5.71. The molecule has 0 spiro atoms. The number of nitrogens with one attached hydrogen (secondary N) is 1. The van der Waals surface area contributed by atoms with Gasteiger partial charge < -0.3 is 10.2 Å². The largest absolute Gasteiger partial charge is 0.338 e. The fourth-order valence-corrected chi connectivity index (χ4v) is 2.73. The standard InChI is InChI=1S/C11H20N2O.ClH/c1-12-10-7-8-13(11(10)14)9-5-3-2-4-6-9;/h9-10,12H,2-8H2,1H3;1H. The summed E-state index contributed by atoms with van der Waals surface area (Å²) in [5, 5.41) is 3.09. The minimum absolute atomic E-state index is 0. The molecule has 0 aromatic rings. The van der Waals surface area contributed by atoms with Crippen LogP contribution in [0.2, 0.25) is 0 Å².